The van der Waals surface area contributed by atoms with Crippen molar-refractivity contribution in [3.63, 3.8) is 0 Å². The Hall–Kier alpha value is -2.24. The Morgan fingerprint density at radius 1 is 1.19 bits per heavy atom. The molecule has 116 valence electrons. The van der Waals surface area contributed by atoms with Crippen LogP contribution in [0.4, 0.5) is 10.5 Å². The average Bonchev–Trinajstić information content (AvgIpc) is 2.35. The minimum atomic E-state index is -0.612. The van der Waals surface area contributed by atoms with Crippen LogP contribution in [0.3, 0.4) is 0 Å². The molecule has 1 rings (SSSR count). The zero-order valence-corrected chi connectivity index (χ0v) is 13.2. The van der Waals surface area contributed by atoms with Crippen LogP contribution in [-0.2, 0) is 4.74 Å². The Kier molecular flexibility index (Phi) is 5.18. The van der Waals surface area contributed by atoms with Crippen molar-refractivity contribution in [1.29, 1.82) is 0 Å². The van der Waals surface area contributed by atoms with E-state index in [0.717, 1.165) is 0 Å². The highest BCUT2D eigenvalue weighted by molar-refractivity contribution is 5.92. The molecule has 0 spiro atoms. The Balaban J connectivity index is 3.21. The second kappa shape index (κ2) is 6.47. The molecule has 0 saturated heterocycles. The van der Waals surface area contributed by atoms with Gasteiger partial charge in [-0.05, 0) is 39.3 Å². The molecule has 0 radical (unpaired) electrons. The number of amides is 1. The average molecular weight is 295 g/mol. The van der Waals surface area contributed by atoms with E-state index >= 15 is 0 Å². The zero-order valence-electron chi connectivity index (χ0n) is 13.2. The van der Waals surface area contributed by atoms with E-state index in [1.165, 1.54) is 14.2 Å². The molecule has 0 bridgehead atoms. The number of aldehydes is 1. The molecule has 0 heterocycles. The van der Waals surface area contributed by atoms with Gasteiger partial charge in [-0.1, -0.05) is 0 Å². The summed E-state index contributed by atoms with van der Waals surface area (Å²) < 4.78 is 15.7. The van der Waals surface area contributed by atoms with Gasteiger partial charge in [-0.3, -0.25) is 10.1 Å². The summed E-state index contributed by atoms with van der Waals surface area (Å²) in [4.78, 5) is 23.0. The fourth-order valence-corrected chi connectivity index (χ4v) is 1.84. The van der Waals surface area contributed by atoms with E-state index in [4.69, 9.17) is 14.2 Å². The number of nitrogens with one attached hydrogen (secondary N) is 1. The van der Waals surface area contributed by atoms with Crippen LogP contribution >= 0.6 is 0 Å². The molecular weight excluding hydrogens is 274 g/mol. The highest BCUT2D eigenvalue weighted by atomic mass is 16.6. The van der Waals surface area contributed by atoms with Crippen molar-refractivity contribution in [3.05, 3.63) is 17.2 Å². The van der Waals surface area contributed by atoms with Crippen molar-refractivity contribution in [2.75, 3.05) is 19.5 Å². The van der Waals surface area contributed by atoms with Gasteiger partial charge in [0.15, 0.2) is 17.8 Å². The third kappa shape index (κ3) is 4.11. The molecule has 0 aliphatic heterocycles. The standard InChI is InChI=1S/C15H21NO5/c1-9-7-11(16-14(18)21-15(2,3)4)13(20-6)12(19-5)10(9)8-17/h7-8H,1-6H3,(H,16,18). The predicted octanol–water partition coefficient (Wildman–Crippen LogP) is 3.17. The van der Waals surface area contributed by atoms with Crippen molar-refractivity contribution >= 4 is 18.1 Å². The molecule has 6 heteroatoms. The van der Waals surface area contributed by atoms with E-state index in [0.29, 0.717) is 23.1 Å². The van der Waals surface area contributed by atoms with E-state index in [1.807, 2.05) is 0 Å². The molecule has 6 nitrogen and oxygen atoms in total. The van der Waals surface area contributed by atoms with Gasteiger partial charge in [0, 0.05) is 0 Å². The smallest absolute Gasteiger partial charge is 0.412 e. The van der Waals surface area contributed by atoms with Crippen molar-refractivity contribution in [2.24, 2.45) is 0 Å². The first-order valence-corrected chi connectivity index (χ1v) is 6.44. The second-order valence-corrected chi connectivity index (χ2v) is 5.47. The SMILES string of the molecule is COc1c(NC(=O)OC(C)(C)C)cc(C)c(C=O)c1OC. The van der Waals surface area contributed by atoms with Crippen LogP contribution in [0.25, 0.3) is 0 Å². The number of anilines is 1. The van der Waals surface area contributed by atoms with Gasteiger partial charge in [0.2, 0.25) is 0 Å². The summed E-state index contributed by atoms with van der Waals surface area (Å²) in [5, 5.41) is 2.60. The lowest BCUT2D eigenvalue weighted by Crippen LogP contribution is -2.27. The summed E-state index contributed by atoms with van der Waals surface area (Å²) in [7, 11) is 2.86. The van der Waals surface area contributed by atoms with Gasteiger partial charge in [0.05, 0.1) is 25.5 Å². The molecule has 0 aliphatic carbocycles. The number of hydrogen-bond acceptors (Lipinski definition) is 5. The second-order valence-electron chi connectivity index (χ2n) is 5.47. The molecule has 1 aromatic rings. The third-order valence-corrected chi connectivity index (χ3v) is 2.64. The third-order valence-electron chi connectivity index (χ3n) is 2.64. The van der Waals surface area contributed by atoms with Gasteiger partial charge in [0.1, 0.15) is 5.60 Å². The predicted molar refractivity (Wildman–Crippen MR) is 79.5 cm³/mol. The fourth-order valence-electron chi connectivity index (χ4n) is 1.84. The van der Waals surface area contributed by atoms with Crippen LogP contribution < -0.4 is 14.8 Å². The van der Waals surface area contributed by atoms with Crippen molar-refractivity contribution in [3.8, 4) is 11.5 Å². The first-order valence-electron chi connectivity index (χ1n) is 6.44. The van der Waals surface area contributed by atoms with Gasteiger partial charge < -0.3 is 14.2 Å². The summed E-state index contributed by atoms with van der Waals surface area (Å²) in [5.41, 5.74) is 0.809. The number of ether oxygens (including phenoxy) is 3. The lowest BCUT2D eigenvalue weighted by molar-refractivity contribution is 0.0635. The summed E-state index contributed by atoms with van der Waals surface area (Å²) >= 11 is 0. The van der Waals surface area contributed by atoms with Gasteiger partial charge in [-0.2, -0.15) is 0 Å². The number of hydrogen-bond donors (Lipinski definition) is 1. The number of carbonyl (C=O) groups excluding carboxylic acids is 2. The molecule has 21 heavy (non-hydrogen) atoms. The summed E-state index contributed by atoms with van der Waals surface area (Å²) in [6.07, 6.45) is 0.0783. The first-order chi connectivity index (χ1) is 9.73. The van der Waals surface area contributed by atoms with Crippen LogP contribution in [0.15, 0.2) is 6.07 Å². The molecule has 0 unspecified atom stereocenters. The maximum atomic E-state index is 11.9. The number of rotatable bonds is 4. The van der Waals surface area contributed by atoms with E-state index in [-0.39, 0.29) is 11.5 Å². The maximum absolute atomic E-state index is 11.9. The largest absolute Gasteiger partial charge is 0.492 e. The summed E-state index contributed by atoms with van der Waals surface area (Å²) in [6, 6.07) is 1.63. The lowest BCUT2D eigenvalue weighted by atomic mass is 10.1. The number of methoxy groups -OCH3 is 2. The summed E-state index contributed by atoms with van der Waals surface area (Å²) in [5.74, 6) is 0.551. The lowest BCUT2D eigenvalue weighted by Gasteiger charge is -2.21. The van der Waals surface area contributed by atoms with Gasteiger partial charge >= 0.3 is 6.09 Å². The quantitative estimate of drug-likeness (QED) is 0.864. The zero-order chi connectivity index (χ0) is 16.2. The number of aryl methyl sites for hydroxylation is 1. The first kappa shape index (κ1) is 16.8. The van der Waals surface area contributed by atoms with Crippen LogP contribution in [0.2, 0.25) is 0 Å². The molecule has 0 fully saturated rings. The Labute approximate surface area is 124 Å². The maximum Gasteiger partial charge on any atom is 0.412 e. The van der Waals surface area contributed by atoms with Crippen molar-refractivity contribution in [2.45, 2.75) is 33.3 Å². The van der Waals surface area contributed by atoms with Crippen molar-refractivity contribution in [1.82, 2.24) is 0 Å². The topological polar surface area (TPSA) is 73.9 Å². The molecule has 0 aliphatic rings. The molecule has 0 saturated carbocycles. The Morgan fingerprint density at radius 3 is 2.19 bits per heavy atom. The van der Waals surface area contributed by atoms with E-state index < -0.39 is 11.7 Å². The van der Waals surface area contributed by atoms with Gasteiger partial charge in [-0.25, -0.2) is 4.79 Å². The Morgan fingerprint density at radius 2 is 1.76 bits per heavy atom. The minimum absolute atomic E-state index is 0.274. The van der Waals surface area contributed by atoms with E-state index in [9.17, 15) is 9.59 Å². The Bertz CT molecular complexity index is 546. The minimum Gasteiger partial charge on any atom is -0.492 e. The van der Waals surface area contributed by atoms with Crippen LogP contribution in [0, 0.1) is 6.92 Å². The molecule has 0 aromatic heterocycles. The van der Waals surface area contributed by atoms with Crippen LogP contribution in [-0.4, -0.2) is 32.2 Å². The normalized spacial score (nSPS) is 10.8. The van der Waals surface area contributed by atoms with E-state index in [1.54, 1.807) is 33.8 Å². The van der Waals surface area contributed by atoms with Crippen molar-refractivity contribution < 1.29 is 23.8 Å². The summed E-state index contributed by atoms with van der Waals surface area (Å²) in [6.45, 7) is 7.05. The monoisotopic (exact) mass is 295 g/mol. The van der Waals surface area contributed by atoms with E-state index in [2.05, 4.69) is 5.32 Å². The van der Waals surface area contributed by atoms with Crippen LogP contribution in [0.5, 0.6) is 11.5 Å². The highest BCUT2D eigenvalue weighted by Gasteiger charge is 2.21. The number of carbonyl (C=O) groups is 2. The molecule has 1 amide bonds. The molecular formula is C15H21NO5. The highest BCUT2D eigenvalue weighted by Crippen LogP contribution is 2.39. The molecule has 1 aromatic carbocycles. The van der Waals surface area contributed by atoms with Gasteiger partial charge in [-0.15, -0.1) is 0 Å². The van der Waals surface area contributed by atoms with Crippen LogP contribution in [0.1, 0.15) is 36.7 Å². The molecule has 1 N–H and O–H groups in total. The molecule has 0 atom stereocenters. The number of benzene rings is 1. The fraction of sp³-hybridized carbons (Fsp3) is 0.467. The van der Waals surface area contributed by atoms with Gasteiger partial charge in [0.25, 0.3) is 0 Å².